The summed E-state index contributed by atoms with van der Waals surface area (Å²) in [6.07, 6.45) is 0. The van der Waals surface area contributed by atoms with Crippen molar-refractivity contribution in [3.8, 4) is 17.2 Å². The summed E-state index contributed by atoms with van der Waals surface area (Å²) >= 11 is 3.59. The Labute approximate surface area is 199 Å². The molecule has 5 nitrogen and oxygen atoms in total. The maximum atomic E-state index is 13.2. The first-order valence-corrected chi connectivity index (χ1v) is 11.3. The molecule has 0 saturated carbocycles. The van der Waals surface area contributed by atoms with Gasteiger partial charge in [0.05, 0.1) is 17.1 Å². The predicted octanol–water partition coefficient (Wildman–Crippen LogP) is 7.29. The molecule has 0 fully saturated rings. The van der Waals surface area contributed by atoms with Crippen LogP contribution in [0, 0.1) is 13.8 Å². The fourth-order valence-electron chi connectivity index (χ4n) is 4.08. The van der Waals surface area contributed by atoms with E-state index in [0.717, 1.165) is 31.9 Å². The summed E-state index contributed by atoms with van der Waals surface area (Å²) in [5.74, 6) is 0.780. The van der Waals surface area contributed by atoms with Gasteiger partial charge in [-0.1, -0.05) is 41.5 Å². The number of carbonyl (C=O) groups excluding carboxylic acids is 1. The van der Waals surface area contributed by atoms with Gasteiger partial charge in [-0.25, -0.2) is 4.98 Å². The van der Waals surface area contributed by atoms with Crippen molar-refractivity contribution >= 4 is 49.4 Å². The first kappa shape index (κ1) is 21.2. The van der Waals surface area contributed by atoms with Gasteiger partial charge in [-0.05, 0) is 76.9 Å². The zero-order chi connectivity index (χ0) is 23.1. The minimum Gasteiger partial charge on any atom is -0.495 e. The van der Waals surface area contributed by atoms with Gasteiger partial charge in [-0.3, -0.25) is 4.79 Å². The molecule has 0 spiro atoms. The van der Waals surface area contributed by atoms with E-state index in [2.05, 4.69) is 32.3 Å². The van der Waals surface area contributed by atoms with E-state index < -0.39 is 0 Å². The molecule has 0 aliphatic carbocycles. The molecule has 1 N–H and O–H groups in total. The van der Waals surface area contributed by atoms with Gasteiger partial charge in [0.15, 0.2) is 5.58 Å². The Morgan fingerprint density at radius 3 is 2.52 bits per heavy atom. The first-order chi connectivity index (χ1) is 15.9. The van der Waals surface area contributed by atoms with Gasteiger partial charge in [-0.2, -0.15) is 0 Å². The Kier molecular flexibility index (Phi) is 5.38. The molecule has 0 aliphatic rings. The van der Waals surface area contributed by atoms with Crippen LogP contribution in [0.4, 0.5) is 5.69 Å². The predicted molar refractivity (Wildman–Crippen MR) is 135 cm³/mol. The second kappa shape index (κ2) is 8.37. The van der Waals surface area contributed by atoms with E-state index in [1.807, 2.05) is 68.4 Å². The summed E-state index contributed by atoms with van der Waals surface area (Å²) in [7, 11) is 1.56. The van der Waals surface area contributed by atoms with E-state index in [4.69, 9.17) is 9.15 Å². The van der Waals surface area contributed by atoms with Crippen molar-refractivity contribution in [2.75, 3.05) is 12.4 Å². The van der Waals surface area contributed by atoms with Crippen molar-refractivity contribution in [1.82, 2.24) is 4.98 Å². The number of methoxy groups -OCH3 is 1. The molecule has 0 bridgehead atoms. The Hall–Kier alpha value is -3.64. The summed E-state index contributed by atoms with van der Waals surface area (Å²) in [6.45, 7) is 4.10. The molecule has 0 saturated heterocycles. The third kappa shape index (κ3) is 3.98. The van der Waals surface area contributed by atoms with E-state index in [1.165, 1.54) is 0 Å². The molecule has 0 atom stereocenters. The Bertz CT molecular complexity index is 1520. The second-order valence-electron chi connectivity index (χ2n) is 8.02. The first-order valence-electron chi connectivity index (χ1n) is 10.5. The molecule has 5 rings (SSSR count). The zero-order valence-electron chi connectivity index (χ0n) is 18.4. The third-order valence-corrected chi connectivity index (χ3v) is 6.29. The Balaban J connectivity index is 1.49. The maximum Gasteiger partial charge on any atom is 0.259 e. The maximum absolute atomic E-state index is 13.2. The molecule has 1 aromatic heterocycles. The molecule has 5 aromatic rings. The highest BCUT2D eigenvalue weighted by Gasteiger charge is 2.19. The zero-order valence-corrected chi connectivity index (χ0v) is 20.0. The van der Waals surface area contributed by atoms with Crippen molar-refractivity contribution in [3.05, 3.63) is 87.9 Å². The Morgan fingerprint density at radius 2 is 1.76 bits per heavy atom. The lowest BCUT2D eigenvalue weighted by atomic mass is 10.1. The number of hydrogen-bond acceptors (Lipinski definition) is 4. The summed E-state index contributed by atoms with van der Waals surface area (Å²) in [5, 5.41) is 4.89. The highest BCUT2D eigenvalue weighted by atomic mass is 79.9. The van der Waals surface area contributed by atoms with Crippen LogP contribution < -0.4 is 10.1 Å². The second-order valence-corrected chi connectivity index (χ2v) is 8.82. The molecule has 1 heterocycles. The number of anilines is 1. The number of halogens is 1. The number of oxazole rings is 1. The number of aryl methyl sites for hydroxylation is 2. The van der Waals surface area contributed by atoms with Crippen LogP contribution in [0.15, 0.2) is 75.6 Å². The Morgan fingerprint density at radius 1 is 1.00 bits per heavy atom. The number of fused-ring (bicyclic) bond motifs is 2. The van der Waals surface area contributed by atoms with E-state index in [9.17, 15) is 4.79 Å². The number of benzene rings is 4. The molecular formula is C27H21BrN2O3. The van der Waals surface area contributed by atoms with Crippen LogP contribution in [0.25, 0.3) is 33.3 Å². The van der Waals surface area contributed by atoms with Crippen LogP contribution in [-0.2, 0) is 0 Å². The average Bonchev–Trinajstić information content (AvgIpc) is 3.22. The molecule has 0 aliphatic heterocycles. The van der Waals surface area contributed by atoms with Crippen LogP contribution in [0.5, 0.6) is 5.75 Å². The molecule has 4 aromatic carbocycles. The van der Waals surface area contributed by atoms with Crippen LogP contribution in [0.3, 0.4) is 0 Å². The number of aromatic nitrogens is 1. The van der Waals surface area contributed by atoms with Gasteiger partial charge in [-0.15, -0.1) is 0 Å². The number of amides is 1. The van der Waals surface area contributed by atoms with Crippen molar-refractivity contribution in [3.63, 3.8) is 0 Å². The van der Waals surface area contributed by atoms with Gasteiger partial charge in [0.1, 0.15) is 11.3 Å². The van der Waals surface area contributed by atoms with Gasteiger partial charge >= 0.3 is 0 Å². The number of nitrogens with one attached hydrogen (secondary N) is 1. The van der Waals surface area contributed by atoms with Crippen molar-refractivity contribution in [2.45, 2.75) is 13.8 Å². The van der Waals surface area contributed by atoms with Crippen LogP contribution in [0.1, 0.15) is 21.5 Å². The van der Waals surface area contributed by atoms with E-state index in [1.54, 1.807) is 13.2 Å². The summed E-state index contributed by atoms with van der Waals surface area (Å²) in [4.78, 5) is 17.8. The standard InChI is InChI=1S/C27H21BrN2O3/c1-15-10-16(2)12-18(11-15)27-30-22-14-19(8-9-23(22)33-27)29-26(31)21-13-17-6-4-5-7-20(17)24(28)25(21)32-3/h4-14H,1-3H3,(H,29,31). The number of rotatable bonds is 4. The fourth-order valence-corrected chi connectivity index (χ4v) is 4.81. The highest BCUT2D eigenvalue weighted by Crippen LogP contribution is 2.37. The van der Waals surface area contributed by atoms with Gasteiger partial charge < -0.3 is 14.5 Å². The molecule has 164 valence electrons. The summed E-state index contributed by atoms with van der Waals surface area (Å²) < 4.78 is 12.3. The van der Waals surface area contributed by atoms with Crippen molar-refractivity contribution in [2.24, 2.45) is 0 Å². The lowest BCUT2D eigenvalue weighted by Gasteiger charge is -2.13. The lowest BCUT2D eigenvalue weighted by molar-refractivity contribution is 0.102. The normalized spacial score (nSPS) is 11.2. The third-order valence-electron chi connectivity index (χ3n) is 5.50. The molecule has 6 heteroatoms. The van der Waals surface area contributed by atoms with E-state index >= 15 is 0 Å². The quantitative estimate of drug-likeness (QED) is 0.281. The van der Waals surface area contributed by atoms with Crippen LogP contribution in [-0.4, -0.2) is 18.0 Å². The minimum absolute atomic E-state index is 0.268. The van der Waals surface area contributed by atoms with Crippen molar-refractivity contribution < 1.29 is 13.9 Å². The number of hydrogen-bond donors (Lipinski definition) is 1. The monoisotopic (exact) mass is 500 g/mol. The number of nitrogens with zero attached hydrogens (tertiary/aromatic N) is 1. The van der Waals surface area contributed by atoms with Gasteiger partial charge in [0.25, 0.3) is 5.91 Å². The average molecular weight is 501 g/mol. The smallest absolute Gasteiger partial charge is 0.259 e. The SMILES string of the molecule is COc1c(C(=O)Nc2ccc3oc(-c4cc(C)cc(C)c4)nc3c2)cc2ccccc2c1Br. The summed E-state index contributed by atoms with van der Waals surface area (Å²) in [5.41, 5.74) is 5.63. The fraction of sp³-hybridized carbons (Fsp3) is 0.111. The van der Waals surface area contributed by atoms with Crippen LogP contribution in [0.2, 0.25) is 0 Å². The summed E-state index contributed by atoms with van der Waals surface area (Å²) in [6, 6.07) is 21.3. The molecule has 0 radical (unpaired) electrons. The number of ether oxygens (including phenoxy) is 1. The lowest BCUT2D eigenvalue weighted by Crippen LogP contribution is -2.13. The van der Waals surface area contributed by atoms with Gasteiger partial charge in [0, 0.05) is 11.3 Å². The van der Waals surface area contributed by atoms with Crippen molar-refractivity contribution in [1.29, 1.82) is 0 Å². The molecule has 1 amide bonds. The highest BCUT2D eigenvalue weighted by molar-refractivity contribution is 9.10. The topological polar surface area (TPSA) is 64.4 Å². The number of carbonyl (C=O) groups is 1. The van der Waals surface area contributed by atoms with E-state index in [-0.39, 0.29) is 5.91 Å². The van der Waals surface area contributed by atoms with E-state index in [0.29, 0.717) is 34.0 Å². The minimum atomic E-state index is -0.268. The molecule has 0 unspecified atom stereocenters. The van der Waals surface area contributed by atoms with Crippen LogP contribution >= 0.6 is 15.9 Å². The molecular weight excluding hydrogens is 480 g/mol. The molecule has 33 heavy (non-hydrogen) atoms. The largest absolute Gasteiger partial charge is 0.495 e. The van der Waals surface area contributed by atoms with Gasteiger partial charge in [0.2, 0.25) is 5.89 Å².